The number of hydrogen-bond acceptors (Lipinski definition) is 2. The van der Waals surface area contributed by atoms with Gasteiger partial charge in [-0.1, -0.05) is 0 Å². The molecule has 0 aromatic carbocycles. The van der Waals surface area contributed by atoms with Crippen LogP contribution in [0.25, 0.3) is 0 Å². The standard InChI is InChI=1S/C10H15IN2O/c11-10-5-7-13(12-10)6-1-3-9-4-2-8-14-9/h5,7,9H,1-4,6,8H2. The van der Waals surface area contributed by atoms with Crippen LogP contribution in [0.3, 0.4) is 0 Å². The van der Waals surface area contributed by atoms with Crippen LogP contribution >= 0.6 is 22.6 Å². The van der Waals surface area contributed by atoms with Gasteiger partial charge in [-0.25, -0.2) is 0 Å². The van der Waals surface area contributed by atoms with E-state index in [1.165, 1.54) is 25.7 Å². The lowest BCUT2D eigenvalue weighted by Gasteiger charge is -2.08. The van der Waals surface area contributed by atoms with E-state index in [2.05, 4.69) is 27.7 Å². The Bertz CT molecular complexity index is 281. The van der Waals surface area contributed by atoms with Crippen molar-refractivity contribution in [3.05, 3.63) is 16.0 Å². The minimum Gasteiger partial charge on any atom is -0.378 e. The topological polar surface area (TPSA) is 27.1 Å². The SMILES string of the molecule is Ic1ccn(CCCC2CCCO2)n1. The molecule has 1 aliphatic rings. The Kier molecular flexibility index (Phi) is 3.81. The highest BCUT2D eigenvalue weighted by Gasteiger charge is 2.14. The molecular formula is C10H15IN2O. The van der Waals surface area contributed by atoms with Crippen LogP contribution in [0.2, 0.25) is 0 Å². The molecule has 1 atom stereocenters. The second-order valence-corrected chi connectivity index (χ2v) is 4.78. The number of aromatic nitrogens is 2. The van der Waals surface area contributed by atoms with Crippen molar-refractivity contribution in [1.29, 1.82) is 0 Å². The average Bonchev–Trinajstić information content (AvgIpc) is 2.77. The highest BCUT2D eigenvalue weighted by atomic mass is 127. The maximum Gasteiger partial charge on any atom is 0.123 e. The van der Waals surface area contributed by atoms with Crippen molar-refractivity contribution in [3.63, 3.8) is 0 Å². The first kappa shape index (κ1) is 10.4. The van der Waals surface area contributed by atoms with Crippen LogP contribution in [0.15, 0.2) is 12.3 Å². The smallest absolute Gasteiger partial charge is 0.123 e. The van der Waals surface area contributed by atoms with Gasteiger partial charge in [0.1, 0.15) is 3.70 Å². The van der Waals surface area contributed by atoms with Gasteiger partial charge < -0.3 is 4.74 Å². The summed E-state index contributed by atoms with van der Waals surface area (Å²) in [5, 5.41) is 4.34. The number of aryl methyl sites for hydroxylation is 1. The van der Waals surface area contributed by atoms with E-state index in [9.17, 15) is 0 Å². The summed E-state index contributed by atoms with van der Waals surface area (Å²) in [4.78, 5) is 0. The second kappa shape index (κ2) is 5.11. The molecule has 14 heavy (non-hydrogen) atoms. The summed E-state index contributed by atoms with van der Waals surface area (Å²) in [5.74, 6) is 0. The maximum absolute atomic E-state index is 5.56. The number of hydrogen-bond donors (Lipinski definition) is 0. The van der Waals surface area contributed by atoms with Crippen molar-refractivity contribution in [2.24, 2.45) is 0 Å². The molecule has 1 saturated heterocycles. The number of rotatable bonds is 4. The molecular weight excluding hydrogens is 291 g/mol. The average molecular weight is 306 g/mol. The third-order valence-electron chi connectivity index (χ3n) is 2.55. The highest BCUT2D eigenvalue weighted by molar-refractivity contribution is 14.1. The Morgan fingerprint density at radius 2 is 2.57 bits per heavy atom. The van der Waals surface area contributed by atoms with Gasteiger partial charge in [-0.3, -0.25) is 4.68 Å². The van der Waals surface area contributed by atoms with Crippen molar-refractivity contribution in [2.75, 3.05) is 6.61 Å². The molecule has 0 bridgehead atoms. The molecule has 1 aromatic rings. The molecule has 4 heteroatoms. The molecule has 0 aliphatic carbocycles. The minimum absolute atomic E-state index is 0.518. The van der Waals surface area contributed by atoms with E-state index in [1.807, 2.05) is 16.9 Å². The Morgan fingerprint density at radius 3 is 3.21 bits per heavy atom. The minimum atomic E-state index is 0.518. The van der Waals surface area contributed by atoms with E-state index >= 15 is 0 Å². The van der Waals surface area contributed by atoms with Crippen LogP contribution in [0.4, 0.5) is 0 Å². The predicted molar refractivity (Wildman–Crippen MR) is 63.2 cm³/mol. The van der Waals surface area contributed by atoms with Crippen LogP contribution < -0.4 is 0 Å². The van der Waals surface area contributed by atoms with Gasteiger partial charge in [0, 0.05) is 19.3 Å². The van der Waals surface area contributed by atoms with Gasteiger partial charge in [0.05, 0.1) is 6.10 Å². The molecule has 0 N–H and O–H groups in total. The van der Waals surface area contributed by atoms with Gasteiger partial charge in [-0.05, 0) is 54.3 Å². The van der Waals surface area contributed by atoms with Gasteiger partial charge in [0.2, 0.25) is 0 Å². The first-order valence-electron chi connectivity index (χ1n) is 5.15. The first-order valence-corrected chi connectivity index (χ1v) is 6.23. The van der Waals surface area contributed by atoms with E-state index < -0.39 is 0 Å². The number of ether oxygens (including phenoxy) is 1. The lowest BCUT2D eigenvalue weighted by atomic mass is 10.1. The van der Waals surface area contributed by atoms with Crippen LogP contribution in [0, 0.1) is 3.70 Å². The summed E-state index contributed by atoms with van der Waals surface area (Å²) in [6.45, 7) is 1.98. The zero-order valence-electron chi connectivity index (χ0n) is 8.16. The molecule has 0 amide bonds. The molecule has 3 nitrogen and oxygen atoms in total. The lowest BCUT2D eigenvalue weighted by Crippen LogP contribution is -2.07. The van der Waals surface area contributed by atoms with Crippen LogP contribution in [-0.2, 0) is 11.3 Å². The molecule has 0 radical (unpaired) electrons. The van der Waals surface area contributed by atoms with Gasteiger partial charge in [-0.15, -0.1) is 0 Å². The predicted octanol–water partition coefficient (Wildman–Crippen LogP) is 2.45. The third kappa shape index (κ3) is 2.95. The molecule has 0 saturated carbocycles. The van der Waals surface area contributed by atoms with Crippen molar-refractivity contribution < 1.29 is 4.74 Å². The summed E-state index contributed by atoms with van der Waals surface area (Å²) in [6, 6.07) is 2.03. The monoisotopic (exact) mass is 306 g/mol. The van der Waals surface area contributed by atoms with Gasteiger partial charge in [0.15, 0.2) is 0 Å². The summed E-state index contributed by atoms with van der Waals surface area (Å²) in [6.07, 6.45) is 7.39. The van der Waals surface area contributed by atoms with Crippen molar-refractivity contribution in [3.8, 4) is 0 Å². The molecule has 1 aromatic heterocycles. The van der Waals surface area contributed by atoms with Crippen LogP contribution in [0.1, 0.15) is 25.7 Å². The normalized spacial score (nSPS) is 21.6. The molecule has 1 fully saturated rings. The van der Waals surface area contributed by atoms with Gasteiger partial charge in [-0.2, -0.15) is 5.10 Å². The summed E-state index contributed by atoms with van der Waals surface area (Å²) < 4.78 is 8.64. The lowest BCUT2D eigenvalue weighted by molar-refractivity contribution is 0.101. The Labute approximate surface area is 98.0 Å². The molecule has 78 valence electrons. The second-order valence-electron chi connectivity index (χ2n) is 3.68. The maximum atomic E-state index is 5.56. The fraction of sp³-hybridized carbons (Fsp3) is 0.700. The Balaban J connectivity index is 1.67. The summed E-state index contributed by atoms with van der Waals surface area (Å²) in [5.41, 5.74) is 0. The molecule has 0 spiro atoms. The van der Waals surface area contributed by atoms with Crippen molar-refractivity contribution in [1.82, 2.24) is 9.78 Å². The largest absolute Gasteiger partial charge is 0.378 e. The van der Waals surface area contributed by atoms with E-state index in [0.717, 1.165) is 16.9 Å². The Morgan fingerprint density at radius 1 is 1.64 bits per heavy atom. The van der Waals surface area contributed by atoms with Gasteiger partial charge >= 0.3 is 0 Å². The van der Waals surface area contributed by atoms with Crippen LogP contribution in [0.5, 0.6) is 0 Å². The summed E-state index contributed by atoms with van der Waals surface area (Å²) in [7, 11) is 0. The fourth-order valence-corrected chi connectivity index (χ4v) is 2.25. The van der Waals surface area contributed by atoms with E-state index in [1.54, 1.807) is 0 Å². The van der Waals surface area contributed by atoms with Crippen molar-refractivity contribution in [2.45, 2.75) is 38.3 Å². The molecule has 2 heterocycles. The fourth-order valence-electron chi connectivity index (χ4n) is 1.81. The zero-order chi connectivity index (χ0) is 9.80. The first-order chi connectivity index (χ1) is 6.84. The van der Waals surface area contributed by atoms with E-state index in [4.69, 9.17) is 4.74 Å². The highest BCUT2D eigenvalue weighted by Crippen LogP contribution is 2.17. The molecule has 1 aliphatic heterocycles. The third-order valence-corrected chi connectivity index (χ3v) is 3.12. The van der Waals surface area contributed by atoms with E-state index in [-0.39, 0.29) is 0 Å². The zero-order valence-corrected chi connectivity index (χ0v) is 10.3. The summed E-state index contributed by atoms with van der Waals surface area (Å²) >= 11 is 2.23. The van der Waals surface area contributed by atoms with Crippen molar-refractivity contribution >= 4 is 22.6 Å². The van der Waals surface area contributed by atoms with Crippen LogP contribution in [-0.4, -0.2) is 22.5 Å². The molecule has 1 unspecified atom stereocenters. The number of halogens is 1. The Hall–Kier alpha value is -0.100. The van der Waals surface area contributed by atoms with Gasteiger partial charge in [0.25, 0.3) is 0 Å². The number of nitrogens with zero attached hydrogens (tertiary/aromatic N) is 2. The van der Waals surface area contributed by atoms with E-state index in [0.29, 0.717) is 6.10 Å². The molecule has 2 rings (SSSR count). The quantitative estimate of drug-likeness (QED) is 0.799.